The van der Waals surface area contributed by atoms with E-state index in [-0.39, 0.29) is 0 Å². The Morgan fingerprint density at radius 1 is 0.867 bits per heavy atom. The molecule has 0 N–H and O–H groups in total. The first-order valence-electron chi connectivity index (χ1n) is 10.1. The van der Waals surface area contributed by atoms with E-state index in [2.05, 4.69) is 44.1 Å². The van der Waals surface area contributed by atoms with Gasteiger partial charge in [0.2, 0.25) is 0 Å². The second kappa shape index (κ2) is 8.33. The lowest BCUT2D eigenvalue weighted by Gasteiger charge is -2.31. The molecule has 0 bridgehead atoms. The van der Waals surface area contributed by atoms with Gasteiger partial charge in [-0.15, -0.1) is 0 Å². The second-order valence-corrected chi connectivity index (χ2v) is 7.31. The van der Waals surface area contributed by atoms with Crippen molar-refractivity contribution in [3.63, 3.8) is 0 Å². The van der Waals surface area contributed by atoms with Gasteiger partial charge in [0.1, 0.15) is 12.4 Å². The number of hydrogen-bond acceptors (Lipinski definition) is 5. The summed E-state index contributed by atoms with van der Waals surface area (Å²) in [6, 6.07) is 20.3. The molecule has 0 amide bonds. The summed E-state index contributed by atoms with van der Waals surface area (Å²) in [6.45, 7) is 2.23. The van der Waals surface area contributed by atoms with Crippen LogP contribution in [0.2, 0.25) is 0 Å². The predicted octanol–water partition coefficient (Wildman–Crippen LogP) is 4.68. The topological polar surface area (TPSA) is 51.1 Å². The quantitative estimate of drug-likeness (QED) is 0.492. The molecule has 0 atom stereocenters. The van der Waals surface area contributed by atoms with E-state index in [9.17, 15) is 0 Å². The van der Waals surface area contributed by atoms with Crippen molar-refractivity contribution in [2.24, 2.45) is 0 Å². The van der Waals surface area contributed by atoms with Gasteiger partial charge in [-0.3, -0.25) is 15.0 Å². The molecule has 1 aliphatic rings. The highest BCUT2D eigenvalue weighted by Gasteiger charge is 2.20. The van der Waals surface area contributed by atoms with Crippen molar-refractivity contribution in [3.05, 3.63) is 102 Å². The Bertz CT molecular complexity index is 1130. The van der Waals surface area contributed by atoms with Crippen LogP contribution in [-0.4, -0.2) is 21.5 Å². The van der Waals surface area contributed by atoms with Crippen LogP contribution in [0.5, 0.6) is 5.75 Å². The molecule has 0 saturated heterocycles. The SMILES string of the molecule is c1ccc(COc2ccc(-c3ccncc3N3CCc4cccnc4C3)cc2)nc1. The Morgan fingerprint density at radius 2 is 1.77 bits per heavy atom. The minimum atomic E-state index is 0.459. The van der Waals surface area contributed by atoms with E-state index in [0.717, 1.165) is 47.9 Å². The summed E-state index contributed by atoms with van der Waals surface area (Å²) in [6.07, 6.45) is 8.45. The maximum atomic E-state index is 5.88. The third kappa shape index (κ3) is 3.87. The molecular formula is C25H22N4O. The zero-order chi connectivity index (χ0) is 20.2. The second-order valence-electron chi connectivity index (χ2n) is 7.31. The number of fused-ring (bicyclic) bond motifs is 1. The van der Waals surface area contributed by atoms with Crippen molar-refractivity contribution >= 4 is 5.69 Å². The van der Waals surface area contributed by atoms with E-state index < -0.39 is 0 Å². The number of aromatic nitrogens is 3. The Labute approximate surface area is 176 Å². The van der Waals surface area contributed by atoms with E-state index >= 15 is 0 Å². The minimum Gasteiger partial charge on any atom is -0.487 e. The van der Waals surface area contributed by atoms with Gasteiger partial charge in [-0.1, -0.05) is 24.3 Å². The van der Waals surface area contributed by atoms with Gasteiger partial charge in [0, 0.05) is 30.7 Å². The highest BCUT2D eigenvalue weighted by molar-refractivity contribution is 5.78. The molecule has 148 valence electrons. The average Bonchev–Trinajstić information content (AvgIpc) is 2.83. The van der Waals surface area contributed by atoms with Gasteiger partial charge in [-0.05, 0) is 53.9 Å². The third-order valence-electron chi connectivity index (χ3n) is 5.40. The van der Waals surface area contributed by atoms with Gasteiger partial charge in [-0.2, -0.15) is 0 Å². The maximum Gasteiger partial charge on any atom is 0.130 e. The zero-order valence-corrected chi connectivity index (χ0v) is 16.6. The highest BCUT2D eigenvalue weighted by atomic mass is 16.5. The molecule has 0 saturated carbocycles. The van der Waals surface area contributed by atoms with Crippen molar-refractivity contribution in [3.8, 4) is 16.9 Å². The summed E-state index contributed by atoms with van der Waals surface area (Å²) in [5, 5.41) is 0. The molecule has 5 nitrogen and oxygen atoms in total. The molecular weight excluding hydrogens is 372 g/mol. The molecule has 30 heavy (non-hydrogen) atoms. The van der Waals surface area contributed by atoms with Gasteiger partial charge in [0.25, 0.3) is 0 Å². The van der Waals surface area contributed by atoms with Crippen LogP contribution in [0, 0.1) is 0 Å². The molecule has 0 fully saturated rings. The lowest BCUT2D eigenvalue weighted by molar-refractivity contribution is 0.301. The first kappa shape index (κ1) is 18.3. The van der Waals surface area contributed by atoms with Gasteiger partial charge in [0.15, 0.2) is 0 Å². The van der Waals surface area contributed by atoms with Crippen LogP contribution in [0.1, 0.15) is 17.0 Å². The number of anilines is 1. The van der Waals surface area contributed by atoms with Crippen LogP contribution in [0.15, 0.2) is 85.5 Å². The van der Waals surface area contributed by atoms with Gasteiger partial charge >= 0.3 is 0 Å². The summed E-state index contributed by atoms with van der Waals surface area (Å²) in [5.41, 5.74) is 6.85. The molecule has 1 aliphatic heterocycles. The summed E-state index contributed by atoms with van der Waals surface area (Å²) in [5.74, 6) is 0.830. The van der Waals surface area contributed by atoms with E-state index in [1.54, 1.807) is 6.20 Å². The summed E-state index contributed by atoms with van der Waals surface area (Å²) >= 11 is 0. The fourth-order valence-corrected chi connectivity index (χ4v) is 3.82. The molecule has 5 heteroatoms. The number of benzene rings is 1. The number of pyridine rings is 3. The van der Waals surface area contributed by atoms with E-state index in [1.165, 1.54) is 11.1 Å². The van der Waals surface area contributed by atoms with Crippen LogP contribution in [-0.2, 0) is 19.6 Å². The van der Waals surface area contributed by atoms with Crippen molar-refractivity contribution in [2.75, 3.05) is 11.4 Å². The minimum absolute atomic E-state index is 0.459. The number of ether oxygens (including phenoxy) is 1. The van der Waals surface area contributed by atoms with Crippen LogP contribution in [0.3, 0.4) is 0 Å². The van der Waals surface area contributed by atoms with E-state index in [4.69, 9.17) is 4.74 Å². The summed E-state index contributed by atoms with van der Waals surface area (Å²) < 4.78 is 5.88. The largest absolute Gasteiger partial charge is 0.487 e. The molecule has 0 unspecified atom stereocenters. The fourth-order valence-electron chi connectivity index (χ4n) is 3.82. The standard InChI is InChI=1S/C25H22N4O/c1-2-12-27-21(5-1)18-30-22-8-6-19(7-9-22)23-10-14-26-16-25(23)29-15-11-20-4-3-13-28-24(20)17-29/h1-10,12-14,16H,11,15,17-18H2. The molecule has 4 aromatic rings. The average molecular weight is 394 g/mol. The summed E-state index contributed by atoms with van der Waals surface area (Å²) in [4.78, 5) is 15.6. The lowest BCUT2D eigenvalue weighted by atomic mass is 10.0. The lowest BCUT2D eigenvalue weighted by Crippen LogP contribution is -2.31. The first-order valence-corrected chi connectivity index (χ1v) is 10.1. The number of hydrogen-bond donors (Lipinski definition) is 0. The van der Waals surface area contributed by atoms with Crippen molar-refractivity contribution in [1.29, 1.82) is 0 Å². The van der Waals surface area contributed by atoms with E-state index in [1.807, 2.05) is 55.0 Å². The van der Waals surface area contributed by atoms with Gasteiger partial charge < -0.3 is 9.64 Å². The Hall–Kier alpha value is -3.73. The maximum absolute atomic E-state index is 5.88. The number of nitrogens with zero attached hydrogens (tertiary/aromatic N) is 4. The van der Waals surface area contributed by atoms with Crippen LogP contribution in [0.25, 0.3) is 11.1 Å². The monoisotopic (exact) mass is 394 g/mol. The molecule has 0 spiro atoms. The van der Waals surface area contributed by atoms with Gasteiger partial charge in [0.05, 0.1) is 29.8 Å². The van der Waals surface area contributed by atoms with E-state index in [0.29, 0.717) is 6.61 Å². The molecule has 0 radical (unpaired) electrons. The van der Waals surface area contributed by atoms with Crippen molar-refractivity contribution in [2.45, 2.75) is 19.6 Å². The third-order valence-corrected chi connectivity index (χ3v) is 5.40. The molecule has 5 rings (SSSR count). The van der Waals surface area contributed by atoms with Crippen molar-refractivity contribution in [1.82, 2.24) is 15.0 Å². The Kier molecular flexibility index (Phi) is 5.08. The molecule has 0 aliphatic carbocycles. The normalized spacial score (nSPS) is 13.0. The summed E-state index contributed by atoms with van der Waals surface area (Å²) in [7, 11) is 0. The highest BCUT2D eigenvalue weighted by Crippen LogP contribution is 2.33. The van der Waals surface area contributed by atoms with Gasteiger partial charge in [-0.25, -0.2) is 0 Å². The molecule has 1 aromatic carbocycles. The molecule has 4 heterocycles. The smallest absolute Gasteiger partial charge is 0.130 e. The Balaban J connectivity index is 1.35. The van der Waals surface area contributed by atoms with Crippen LogP contribution >= 0.6 is 0 Å². The number of rotatable bonds is 5. The first-order chi connectivity index (χ1) is 14.9. The Morgan fingerprint density at radius 3 is 2.63 bits per heavy atom. The predicted molar refractivity (Wildman–Crippen MR) is 117 cm³/mol. The molecule has 3 aromatic heterocycles. The van der Waals surface area contributed by atoms with Crippen LogP contribution in [0.4, 0.5) is 5.69 Å². The van der Waals surface area contributed by atoms with Crippen molar-refractivity contribution < 1.29 is 4.74 Å². The zero-order valence-electron chi connectivity index (χ0n) is 16.6. The fraction of sp³-hybridized carbons (Fsp3) is 0.160. The van der Waals surface area contributed by atoms with Crippen LogP contribution < -0.4 is 9.64 Å².